The average molecular weight is 418 g/mol. The Balaban J connectivity index is 2.06. The number of hydrogen-bond donors (Lipinski definition) is 0. The molecule has 1 heterocycles. The summed E-state index contributed by atoms with van der Waals surface area (Å²) in [5, 5.41) is -0.0320. The highest BCUT2D eigenvalue weighted by Crippen LogP contribution is 2.40. The van der Waals surface area contributed by atoms with Crippen LogP contribution >= 0.6 is 23.2 Å². The first-order chi connectivity index (χ1) is 12.4. The van der Waals surface area contributed by atoms with Gasteiger partial charge in [0.25, 0.3) is 10.0 Å². The molecule has 26 heavy (non-hydrogen) atoms. The van der Waals surface area contributed by atoms with E-state index in [2.05, 4.69) is 0 Å². The Morgan fingerprint density at radius 3 is 2.42 bits per heavy atom. The lowest BCUT2D eigenvalue weighted by Crippen LogP contribution is -2.31. The van der Waals surface area contributed by atoms with Gasteiger partial charge in [-0.1, -0.05) is 23.2 Å². The third kappa shape index (κ3) is 3.26. The molecule has 2 aromatic rings. The highest BCUT2D eigenvalue weighted by atomic mass is 35.5. The summed E-state index contributed by atoms with van der Waals surface area (Å²) in [7, 11) is -2.51. The molecule has 3 rings (SSSR count). The van der Waals surface area contributed by atoms with Crippen molar-refractivity contribution in [2.24, 2.45) is 0 Å². The zero-order valence-electron chi connectivity index (χ0n) is 14.2. The van der Waals surface area contributed by atoms with E-state index < -0.39 is 10.0 Å². The summed E-state index contributed by atoms with van der Waals surface area (Å²) in [6, 6.07) is 7.83. The Kier molecular flexibility index (Phi) is 5.41. The molecule has 0 unspecified atom stereocenters. The average Bonchev–Trinajstić information content (AvgIpc) is 2.64. The normalized spacial score (nSPS) is 13.4. The second-order valence-electron chi connectivity index (χ2n) is 5.39. The van der Waals surface area contributed by atoms with Crippen LogP contribution < -0.4 is 18.5 Å². The number of nitrogens with zero attached hydrogens (tertiary/aromatic N) is 1. The van der Waals surface area contributed by atoms with Gasteiger partial charge in [-0.2, -0.15) is 0 Å². The Bertz CT molecular complexity index is 933. The molecule has 1 aliphatic rings. The molecule has 1 aliphatic heterocycles. The first kappa shape index (κ1) is 18.9. The summed E-state index contributed by atoms with van der Waals surface area (Å²) in [5.74, 6) is 1.39. The molecule has 0 atom stereocenters. The first-order valence-corrected chi connectivity index (χ1v) is 10.0. The Labute approximate surface area is 162 Å². The Morgan fingerprint density at radius 1 is 1.08 bits per heavy atom. The summed E-state index contributed by atoms with van der Waals surface area (Å²) in [6.07, 6.45) is 0. The van der Waals surface area contributed by atoms with Crippen LogP contribution in [-0.2, 0) is 10.0 Å². The Hall–Kier alpha value is -1.83. The lowest BCUT2D eigenvalue weighted by atomic mass is 10.2. The van der Waals surface area contributed by atoms with Crippen LogP contribution in [0.25, 0.3) is 0 Å². The van der Waals surface area contributed by atoms with Crippen molar-refractivity contribution in [1.29, 1.82) is 0 Å². The van der Waals surface area contributed by atoms with E-state index in [4.69, 9.17) is 37.4 Å². The van der Waals surface area contributed by atoms with Gasteiger partial charge in [0.05, 0.1) is 17.8 Å². The third-order valence-electron chi connectivity index (χ3n) is 3.90. The van der Waals surface area contributed by atoms with Crippen LogP contribution in [0, 0.1) is 0 Å². The van der Waals surface area contributed by atoms with Crippen molar-refractivity contribution in [3.63, 3.8) is 0 Å². The van der Waals surface area contributed by atoms with Gasteiger partial charge in [0, 0.05) is 12.6 Å². The molecule has 0 amide bonds. The number of ether oxygens (including phenoxy) is 3. The molecule has 0 radical (unpaired) electrons. The van der Waals surface area contributed by atoms with Crippen LogP contribution in [0.15, 0.2) is 35.2 Å². The van der Waals surface area contributed by atoms with E-state index in [-0.39, 0.29) is 21.5 Å². The van der Waals surface area contributed by atoms with Crippen molar-refractivity contribution >= 4 is 38.9 Å². The topological polar surface area (TPSA) is 65.1 Å². The van der Waals surface area contributed by atoms with Crippen molar-refractivity contribution < 1.29 is 22.6 Å². The zero-order chi connectivity index (χ0) is 18.9. The molecule has 0 aliphatic carbocycles. The van der Waals surface area contributed by atoms with Gasteiger partial charge >= 0.3 is 0 Å². The summed E-state index contributed by atoms with van der Waals surface area (Å²) in [4.78, 5) is -0.0956. The number of hydrogen-bond acceptors (Lipinski definition) is 5. The number of methoxy groups -OCH3 is 1. The van der Waals surface area contributed by atoms with E-state index in [1.807, 2.05) is 0 Å². The maximum atomic E-state index is 13.2. The molecule has 9 heteroatoms. The van der Waals surface area contributed by atoms with Crippen LogP contribution in [-0.4, -0.2) is 35.3 Å². The highest BCUT2D eigenvalue weighted by Gasteiger charge is 2.29. The smallest absolute Gasteiger partial charge is 0.265 e. The van der Waals surface area contributed by atoms with Gasteiger partial charge < -0.3 is 14.2 Å². The molecule has 0 spiro atoms. The lowest BCUT2D eigenvalue weighted by molar-refractivity contribution is 0.171. The summed E-state index contributed by atoms with van der Waals surface area (Å²) >= 11 is 12.3. The fourth-order valence-corrected chi connectivity index (χ4v) is 4.95. The zero-order valence-corrected chi connectivity index (χ0v) is 16.5. The van der Waals surface area contributed by atoms with E-state index in [0.717, 1.165) is 0 Å². The largest absolute Gasteiger partial charge is 0.495 e. The van der Waals surface area contributed by atoms with Crippen molar-refractivity contribution in [3.8, 4) is 17.2 Å². The predicted molar refractivity (Wildman–Crippen MR) is 101 cm³/mol. The molecular formula is C17H17Cl2NO5S. The fraction of sp³-hybridized carbons (Fsp3) is 0.294. The molecule has 0 saturated carbocycles. The van der Waals surface area contributed by atoms with E-state index in [1.54, 1.807) is 25.1 Å². The number of benzene rings is 2. The van der Waals surface area contributed by atoms with Crippen LogP contribution in [0.3, 0.4) is 0 Å². The number of anilines is 1. The number of sulfonamides is 1. The van der Waals surface area contributed by atoms with E-state index in [9.17, 15) is 8.42 Å². The molecule has 2 aromatic carbocycles. The van der Waals surface area contributed by atoms with Gasteiger partial charge in [0.2, 0.25) is 0 Å². The molecule has 0 N–H and O–H groups in total. The molecule has 140 valence electrons. The number of fused-ring (bicyclic) bond motifs is 1. The van der Waals surface area contributed by atoms with E-state index in [0.29, 0.717) is 36.1 Å². The minimum atomic E-state index is -3.94. The second-order valence-corrected chi connectivity index (χ2v) is 7.98. The second kappa shape index (κ2) is 7.42. The van der Waals surface area contributed by atoms with Crippen molar-refractivity contribution in [3.05, 3.63) is 40.4 Å². The van der Waals surface area contributed by atoms with Crippen LogP contribution in [0.2, 0.25) is 10.0 Å². The minimum absolute atomic E-state index is 0.0495. The van der Waals surface area contributed by atoms with Gasteiger partial charge in [-0.05, 0) is 31.2 Å². The molecule has 6 nitrogen and oxygen atoms in total. The number of rotatable bonds is 5. The van der Waals surface area contributed by atoms with Crippen molar-refractivity contribution in [1.82, 2.24) is 0 Å². The summed E-state index contributed by atoms with van der Waals surface area (Å²) < 4.78 is 43.7. The molecule has 0 aromatic heterocycles. The van der Waals surface area contributed by atoms with Gasteiger partial charge in [0.1, 0.15) is 28.9 Å². The standard InChI is InChI=1S/C17H17Cl2NO5S/c1-3-20(11-4-5-12-14(10-11)25-9-8-24-12)26(21,22)15-7-6-13(23-2)16(18)17(15)19/h4-7,10H,3,8-9H2,1-2H3. The number of halogens is 2. The lowest BCUT2D eigenvalue weighted by Gasteiger charge is -2.26. The predicted octanol–water partition coefficient (Wildman–Crippen LogP) is 3.99. The molecule has 0 saturated heterocycles. The highest BCUT2D eigenvalue weighted by molar-refractivity contribution is 7.93. The van der Waals surface area contributed by atoms with E-state index >= 15 is 0 Å². The SMILES string of the molecule is CCN(c1ccc2c(c1)OCCO2)S(=O)(=O)c1ccc(OC)c(Cl)c1Cl. The summed E-state index contributed by atoms with van der Waals surface area (Å²) in [5.41, 5.74) is 0.444. The monoisotopic (exact) mass is 417 g/mol. The van der Waals surface area contributed by atoms with E-state index in [1.165, 1.54) is 23.5 Å². The van der Waals surface area contributed by atoms with Gasteiger partial charge in [0.15, 0.2) is 11.5 Å². The molecule has 0 bridgehead atoms. The minimum Gasteiger partial charge on any atom is -0.495 e. The molecular weight excluding hydrogens is 401 g/mol. The van der Waals surface area contributed by atoms with Crippen LogP contribution in [0.1, 0.15) is 6.92 Å². The third-order valence-corrected chi connectivity index (χ3v) is 6.82. The maximum Gasteiger partial charge on any atom is 0.265 e. The van der Waals surface area contributed by atoms with Gasteiger partial charge in [-0.3, -0.25) is 4.31 Å². The summed E-state index contributed by atoms with van der Waals surface area (Å²) in [6.45, 7) is 2.80. The molecule has 0 fully saturated rings. The van der Waals surface area contributed by atoms with Crippen LogP contribution in [0.5, 0.6) is 17.2 Å². The van der Waals surface area contributed by atoms with Crippen molar-refractivity contribution in [2.45, 2.75) is 11.8 Å². The first-order valence-electron chi connectivity index (χ1n) is 7.84. The van der Waals surface area contributed by atoms with Crippen molar-refractivity contribution in [2.75, 3.05) is 31.2 Å². The van der Waals surface area contributed by atoms with Crippen LogP contribution in [0.4, 0.5) is 5.69 Å². The quantitative estimate of drug-likeness (QED) is 0.735. The maximum absolute atomic E-state index is 13.2. The Morgan fingerprint density at radius 2 is 1.77 bits per heavy atom. The van der Waals surface area contributed by atoms with Gasteiger partial charge in [-0.25, -0.2) is 8.42 Å². The fourth-order valence-electron chi connectivity index (χ4n) is 2.67. The van der Waals surface area contributed by atoms with Gasteiger partial charge in [-0.15, -0.1) is 0 Å².